The Kier molecular flexibility index (Phi) is 4.11. The number of aryl methyl sites for hydroxylation is 3. The van der Waals surface area contributed by atoms with E-state index in [0.717, 1.165) is 10.7 Å². The molecule has 2 heterocycles. The molecule has 0 atom stereocenters. The maximum atomic E-state index is 4.80. The average Bonchev–Trinajstić information content (AvgIpc) is 3.08. The van der Waals surface area contributed by atoms with Gasteiger partial charge in [-0.1, -0.05) is 43.7 Å². The highest BCUT2D eigenvalue weighted by Crippen LogP contribution is 2.32. The van der Waals surface area contributed by atoms with Crippen LogP contribution in [0.2, 0.25) is 0 Å². The zero-order chi connectivity index (χ0) is 14.8. The van der Waals surface area contributed by atoms with E-state index in [1.165, 1.54) is 42.5 Å². The van der Waals surface area contributed by atoms with Gasteiger partial charge in [0, 0.05) is 22.3 Å². The lowest BCUT2D eigenvalue weighted by atomic mass is 10.0. The lowest BCUT2D eigenvalue weighted by molar-refractivity contribution is 0.674. The van der Waals surface area contributed by atoms with Crippen LogP contribution in [-0.4, -0.2) is 9.38 Å². The Labute approximate surface area is 130 Å². The van der Waals surface area contributed by atoms with E-state index in [9.17, 15) is 0 Å². The lowest BCUT2D eigenvalue weighted by Gasteiger charge is -2.09. The van der Waals surface area contributed by atoms with E-state index in [-0.39, 0.29) is 0 Å². The van der Waals surface area contributed by atoms with Crippen LogP contribution in [0.25, 0.3) is 16.2 Å². The Hall–Kier alpha value is -1.61. The Morgan fingerprint density at radius 3 is 2.52 bits per heavy atom. The number of aromatic nitrogens is 2. The van der Waals surface area contributed by atoms with E-state index >= 15 is 0 Å². The Morgan fingerprint density at radius 2 is 1.76 bits per heavy atom. The third kappa shape index (κ3) is 2.62. The molecule has 0 bridgehead atoms. The van der Waals surface area contributed by atoms with Crippen molar-refractivity contribution in [2.45, 2.75) is 46.5 Å². The summed E-state index contributed by atoms with van der Waals surface area (Å²) in [7, 11) is 0. The average molecular weight is 298 g/mol. The highest BCUT2D eigenvalue weighted by Gasteiger charge is 2.17. The molecule has 0 N–H and O–H groups in total. The number of hydrogen-bond donors (Lipinski definition) is 0. The maximum absolute atomic E-state index is 4.80. The third-order valence-corrected chi connectivity index (χ3v) is 5.07. The smallest absolute Gasteiger partial charge is 0.194 e. The number of imidazole rings is 1. The molecule has 1 aliphatic rings. The van der Waals surface area contributed by atoms with E-state index < -0.39 is 0 Å². The van der Waals surface area contributed by atoms with Gasteiger partial charge in [-0.2, -0.15) is 0 Å². The third-order valence-electron chi connectivity index (χ3n) is 3.92. The molecule has 0 saturated carbocycles. The molecule has 0 amide bonds. The van der Waals surface area contributed by atoms with Crippen molar-refractivity contribution in [2.75, 3.05) is 0 Å². The van der Waals surface area contributed by atoms with E-state index in [1.54, 1.807) is 4.88 Å². The first-order valence-corrected chi connectivity index (χ1v) is 8.69. The molecular formula is C18H22N2S. The number of nitrogens with zero attached hydrogens (tertiary/aromatic N) is 2. The van der Waals surface area contributed by atoms with Crippen molar-refractivity contribution in [1.82, 2.24) is 9.38 Å². The van der Waals surface area contributed by atoms with Crippen LogP contribution in [0.3, 0.4) is 0 Å². The fraction of sp³-hybridized carbons (Fsp3) is 0.389. The first-order chi connectivity index (χ1) is 10.3. The second-order valence-corrected chi connectivity index (χ2v) is 6.39. The molecule has 0 saturated heterocycles. The molecule has 0 aliphatic heterocycles. The van der Waals surface area contributed by atoms with E-state index in [2.05, 4.69) is 41.8 Å². The summed E-state index contributed by atoms with van der Waals surface area (Å²) in [6, 6.07) is 8.62. The van der Waals surface area contributed by atoms with Gasteiger partial charge in [0.1, 0.15) is 0 Å². The molecule has 110 valence electrons. The molecule has 0 fully saturated rings. The van der Waals surface area contributed by atoms with Gasteiger partial charge >= 0.3 is 0 Å². The molecule has 0 spiro atoms. The van der Waals surface area contributed by atoms with Crippen molar-refractivity contribution in [1.29, 1.82) is 0 Å². The minimum Gasteiger partial charge on any atom is -0.294 e. The van der Waals surface area contributed by atoms with Gasteiger partial charge < -0.3 is 0 Å². The van der Waals surface area contributed by atoms with Gasteiger partial charge in [0.2, 0.25) is 0 Å². The Bertz CT molecular complexity index is 735. The molecule has 2 aromatic heterocycles. The summed E-state index contributed by atoms with van der Waals surface area (Å²) in [5, 5.41) is 0. The first kappa shape index (κ1) is 14.3. The van der Waals surface area contributed by atoms with Gasteiger partial charge in [-0.25, -0.2) is 4.98 Å². The highest BCUT2D eigenvalue weighted by molar-refractivity contribution is 7.17. The van der Waals surface area contributed by atoms with Crippen LogP contribution >= 0.6 is 11.3 Å². The van der Waals surface area contributed by atoms with Crippen molar-refractivity contribution < 1.29 is 0 Å². The minimum atomic E-state index is 1.10. The molecule has 1 aliphatic carbocycles. The second kappa shape index (κ2) is 6.02. The zero-order valence-corrected chi connectivity index (χ0v) is 13.8. The van der Waals surface area contributed by atoms with Crippen LogP contribution in [0.5, 0.6) is 0 Å². The van der Waals surface area contributed by atoms with Crippen LogP contribution in [0.4, 0.5) is 0 Å². The molecule has 3 heteroatoms. The van der Waals surface area contributed by atoms with Crippen molar-refractivity contribution in [3.8, 4) is 11.3 Å². The lowest BCUT2D eigenvalue weighted by Crippen LogP contribution is -2.01. The molecule has 2 nitrogen and oxygen atoms in total. The fourth-order valence-corrected chi connectivity index (χ4v) is 4.02. The minimum absolute atomic E-state index is 1.10. The summed E-state index contributed by atoms with van der Waals surface area (Å²) >= 11 is 1.87. The van der Waals surface area contributed by atoms with E-state index in [0.29, 0.717) is 0 Å². The molecule has 0 unspecified atom stereocenters. The second-order valence-electron chi connectivity index (χ2n) is 5.32. The van der Waals surface area contributed by atoms with Crippen LogP contribution in [0.15, 0.2) is 30.5 Å². The van der Waals surface area contributed by atoms with Crippen LogP contribution in [-0.2, 0) is 12.8 Å². The van der Waals surface area contributed by atoms with Crippen molar-refractivity contribution in [3.05, 3.63) is 46.6 Å². The van der Waals surface area contributed by atoms with Gasteiger partial charge in [-0.05, 0) is 32.6 Å². The zero-order valence-electron chi connectivity index (χ0n) is 13.0. The molecule has 1 aromatic carbocycles. The van der Waals surface area contributed by atoms with Crippen molar-refractivity contribution in [2.24, 2.45) is 0 Å². The molecule has 0 radical (unpaired) electrons. The first-order valence-electron chi connectivity index (χ1n) is 7.88. The topological polar surface area (TPSA) is 17.3 Å². The summed E-state index contributed by atoms with van der Waals surface area (Å²) in [5.74, 6) is 0. The quantitative estimate of drug-likeness (QED) is 0.597. The van der Waals surface area contributed by atoms with Crippen molar-refractivity contribution >= 4 is 16.3 Å². The summed E-state index contributed by atoms with van der Waals surface area (Å²) in [4.78, 5) is 7.50. The molecular weight excluding hydrogens is 276 g/mol. The predicted octanol–water partition coefficient (Wildman–Crippen LogP) is 5.28. The number of fused-ring (bicyclic) bond motifs is 3. The molecule has 21 heavy (non-hydrogen) atoms. The number of thiazole rings is 1. The Morgan fingerprint density at radius 1 is 1.05 bits per heavy atom. The summed E-state index contributed by atoms with van der Waals surface area (Å²) in [6.07, 6.45) is 7.31. The normalized spacial score (nSPS) is 13.7. The van der Waals surface area contributed by atoms with E-state index in [1.807, 2.05) is 25.2 Å². The van der Waals surface area contributed by atoms with Crippen molar-refractivity contribution in [3.63, 3.8) is 0 Å². The van der Waals surface area contributed by atoms with Crippen LogP contribution < -0.4 is 0 Å². The SMILES string of the molecule is CC.Cc1ccc(-c2cn3c4c(sc3n2)CCCC4)cc1. The standard InChI is InChI=1S/C16H16N2S.C2H6/c1-11-6-8-12(9-7-11)13-10-18-14-4-2-3-5-15(14)19-16(18)17-13;1-2/h6-10H,2-5H2,1H3;1-2H3. The fourth-order valence-electron chi connectivity index (χ4n) is 2.83. The largest absolute Gasteiger partial charge is 0.294 e. The number of benzene rings is 1. The predicted molar refractivity (Wildman–Crippen MR) is 91.2 cm³/mol. The number of rotatable bonds is 1. The number of hydrogen-bond acceptors (Lipinski definition) is 2. The monoisotopic (exact) mass is 298 g/mol. The van der Waals surface area contributed by atoms with Gasteiger partial charge in [0.05, 0.1) is 5.69 Å². The summed E-state index contributed by atoms with van der Waals surface area (Å²) in [6.45, 7) is 6.12. The Balaban J connectivity index is 0.000000636. The van der Waals surface area contributed by atoms with Gasteiger partial charge in [0.25, 0.3) is 0 Å². The maximum Gasteiger partial charge on any atom is 0.194 e. The van der Waals surface area contributed by atoms with Gasteiger partial charge in [0.15, 0.2) is 4.96 Å². The summed E-state index contributed by atoms with van der Waals surface area (Å²) < 4.78 is 2.31. The van der Waals surface area contributed by atoms with Gasteiger partial charge in [-0.3, -0.25) is 4.40 Å². The molecule has 3 aromatic rings. The van der Waals surface area contributed by atoms with Gasteiger partial charge in [-0.15, -0.1) is 11.3 Å². The highest BCUT2D eigenvalue weighted by atomic mass is 32.1. The molecule has 4 rings (SSSR count). The van der Waals surface area contributed by atoms with E-state index in [4.69, 9.17) is 4.98 Å². The van der Waals surface area contributed by atoms with Crippen LogP contribution in [0.1, 0.15) is 42.8 Å². The van der Waals surface area contributed by atoms with Crippen LogP contribution in [0, 0.1) is 6.92 Å². The summed E-state index contributed by atoms with van der Waals surface area (Å²) in [5.41, 5.74) is 5.10.